The highest BCUT2D eigenvalue weighted by atomic mass is 15.2. The molecule has 8 aromatic rings. The Morgan fingerprint density at radius 3 is 1.72 bits per heavy atom. The lowest BCUT2D eigenvalue weighted by Gasteiger charge is -2.30. The minimum Gasteiger partial charge on any atom is -0.308 e. The summed E-state index contributed by atoms with van der Waals surface area (Å²) in [5.41, 5.74) is 14.8. The summed E-state index contributed by atoms with van der Waals surface area (Å²) in [6.07, 6.45) is 0. The van der Waals surface area contributed by atoms with E-state index in [1.165, 1.54) is 44.6 Å². The summed E-state index contributed by atoms with van der Waals surface area (Å²) in [6.45, 7) is 0. The highest BCUT2D eigenvalue weighted by Gasteiger charge is 2.55. The molecule has 1 aromatic heterocycles. The van der Waals surface area contributed by atoms with Gasteiger partial charge in [0.25, 0.3) is 0 Å². The Morgan fingerprint density at radius 2 is 1.00 bits per heavy atom. The first-order valence-electron chi connectivity index (χ1n) is 16.2. The van der Waals surface area contributed by atoms with E-state index in [0.717, 1.165) is 33.9 Å². The Kier molecular flexibility index (Phi) is 5.49. The number of anilines is 3. The quantitative estimate of drug-likeness (QED) is 0.201. The van der Waals surface area contributed by atoms with Crippen LogP contribution in [0.5, 0.6) is 0 Å². The van der Waals surface area contributed by atoms with Gasteiger partial charge in [0.05, 0.1) is 22.4 Å². The molecule has 0 saturated carbocycles. The van der Waals surface area contributed by atoms with Crippen molar-refractivity contribution in [2.45, 2.75) is 5.41 Å². The van der Waals surface area contributed by atoms with Gasteiger partial charge in [-0.2, -0.15) is 0 Å². The summed E-state index contributed by atoms with van der Waals surface area (Å²) in [6, 6.07) is 63.4. The van der Waals surface area contributed by atoms with Crippen LogP contribution in [-0.4, -0.2) is 9.55 Å². The van der Waals surface area contributed by atoms with Crippen molar-refractivity contribution in [2.75, 3.05) is 4.90 Å². The number of nitrogens with zero attached hydrogens (tertiary/aromatic N) is 3. The van der Waals surface area contributed by atoms with Gasteiger partial charge in [-0.1, -0.05) is 133 Å². The fourth-order valence-electron chi connectivity index (χ4n) is 8.08. The normalized spacial score (nSPS) is 13.3. The SMILES string of the molecule is c1ccc(-c2ccc(N(c3ccccc3)c3cccc4c3-n3c(nc5ccccc53)C43c4ccccc4-c4ccccc43)cc2)cc1. The second-order valence-corrected chi connectivity index (χ2v) is 12.4. The Labute approximate surface area is 273 Å². The zero-order valence-corrected chi connectivity index (χ0v) is 25.6. The highest BCUT2D eigenvalue weighted by Crippen LogP contribution is 2.62. The number of imidazole rings is 1. The van der Waals surface area contributed by atoms with E-state index >= 15 is 0 Å². The van der Waals surface area contributed by atoms with E-state index in [1.54, 1.807) is 0 Å². The molecule has 0 saturated heterocycles. The molecule has 7 aromatic carbocycles. The number of hydrogen-bond donors (Lipinski definition) is 0. The van der Waals surface area contributed by atoms with Gasteiger partial charge >= 0.3 is 0 Å². The van der Waals surface area contributed by atoms with Crippen molar-refractivity contribution in [2.24, 2.45) is 0 Å². The van der Waals surface area contributed by atoms with E-state index in [4.69, 9.17) is 4.98 Å². The number of para-hydroxylation sites is 4. The molecule has 10 rings (SSSR count). The number of hydrogen-bond acceptors (Lipinski definition) is 2. The topological polar surface area (TPSA) is 21.1 Å². The third-order valence-electron chi connectivity index (χ3n) is 9.98. The van der Waals surface area contributed by atoms with Crippen molar-refractivity contribution in [3.8, 4) is 27.9 Å². The van der Waals surface area contributed by atoms with Crippen LogP contribution >= 0.6 is 0 Å². The molecule has 0 amide bonds. The van der Waals surface area contributed by atoms with Crippen LogP contribution < -0.4 is 4.90 Å². The maximum atomic E-state index is 5.48. The molecule has 0 radical (unpaired) electrons. The van der Waals surface area contributed by atoms with Crippen LogP contribution in [0.3, 0.4) is 0 Å². The molecule has 3 heteroatoms. The van der Waals surface area contributed by atoms with Crippen LogP contribution in [0.4, 0.5) is 17.1 Å². The van der Waals surface area contributed by atoms with E-state index in [1.807, 2.05) is 0 Å². The van der Waals surface area contributed by atoms with Crippen LogP contribution in [0.2, 0.25) is 0 Å². The zero-order valence-electron chi connectivity index (χ0n) is 25.6. The van der Waals surface area contributed by atoms with Crippen LogP contribution in [0.1, 0.15) is 22.5 Å². The van der Waals surface area contributed by atoms with Gasteiger partial charge in [0.2, 0.25) is 0 Å². The molecule has 47 heavy (non-hydrogen) atoms. The second-order valence-electron chi connectivity index (χ2n) is 12.4. The third kappa shape index (κ3) is 3.54. The van der Waals surface area contributed by atoms with Gasteiger partial charge < -0.3 is 4.90 Å². The minimum absolute atomic E-state index is 0.545. The van der Waals surface area contributed by atoms with Crippen LogP contribution in [-0.2, 0) is 5.41 Å². The lowest BCUT2D eigenvalue weighted by atomic mass is 9.73. The molecule has 0 bridgehead atoms. The predicted octanol–water partition coefficient (Wildman–Crippen LogP) is 10.8. The van der Waals surface area contributed by atoms with Crippen molar-refractivity contribution >= 4 is 28.1 Å². The molecular formula is C44H29N3. The van der Waals surface area contributed by atoms with Crippen molar-refractivity contribution < 1.29 is 0 Å². The smallest absolute Gasteiger partial charge is 0.134 e. The maximum Gasteiger partial charge on any atom is 0.134 e. The number of benzene rings is 7. The molecular weight excluding hydrogens is 571 g/mol. The molecule has 2 heterocycles. The fraction of sp³-hybridized carbons (Fsp3) is 0.0227. The monoisotopic (exact) mass is 599 g/mol. The molecule has 0 fully saturated rings. The first-order valence-corrected chi connectivity index (χ1v) is 16.2. The first kappa shape index (κ1) is 26.1. The minimum atomic E-state index is -0.545. The standard InChI is InChI=1S/C44H29N3/c1-3-14-30(15-4-1)31-26-28-33(29-27-31)46(32-16-5-2-6-17-32)41-25-13-22-38-42(41)47-40-24-12-11-23-39(40)45-43(47)44(38)36-20-9-7-18-34(36)35-19-8-10-21-37(35)44/h1-29H. The summed E-state index contributed by atoms with van der Waals surface area (Å²) >= 11 is 0. The molecule has 1 aliphatic carbocycles. The second kappa shape index (κ2) is 9.90. The Hall–Kier alpha value is -6.19. The summed E-state index contributed by atoms with van der Waals surface area (Å²) in [7, 11) is 0. The molecule has 1 aliphatic heterocycles. The fourth-order valence-corrected chi connectivity index (χ4v) is 8.08. The Bertz CT molecular complexity index is 2410. The number of rotatable bonds is 4. The van der Waals surface area contributed by atoms with E-state index in [-0.39, 0.29) is 0 Å². The molecule has 0 unspecified atom stereocenters. The van der Waals surface area contributed by atoms with Gasteiger partial charge in [-0.05, 0) is 75.8 Å². The zero-order chi connectivity index (χ0) is 31.0. The summed E-state index contributed by atoms with van der Waals surface area (Å²) in [4.78, 5) is 7.88. The third-order valence-corrected chi connectivity index (χ3v) is 9.98. The maximum absolute atomic E-state index is 5.48. The Balaban J connectivity index is 1.29. The highest BCUT2D eigenvalue weighted by molar-refractivity contribution is 5.95. The number of fused-ring (bicyclic) bond motifs is 12. The summed E-state index contributed by atoms with van der Waals surface area (Å²) in [5, 5.41) is 0. The average molecular weight is 600 g/mol. The largest absolute Gasteiger partial charge is 0.308 e. The van der Waals surface area contributed by atoms with E-state index in [9.17, 15) is 0 Å². The first-order chi connectivity index (χ1) is 23.3. The lowest BCUT2D eigenvalue weighted by molar-refractivity contribution is 0.738. The Morgan fingerprint density at radius 1 is 0.447 bits per heavy atom. The molecule has 0 N–H and O–H groups in total. The van der Waals surface area contributed by atoms with Gasteiger partial charge in [-0.25, -0.2) is 4.98 Å². The van der Waals surface area contributed by atoms with Crippen molar-refractivity contribution in [3.05, 3.63) is 198 Å². The summed E-state index contributed by atoms with van der Waals surface area (Å²) < 4.78 is 2.44. The van der Waals surface area contributed by atoms with Crippen molar-refractivity contribution in [3.63, 3.8) is 0 Å². The van der Waals surface area contributed by atoms with E-state index in [0.29, 0.717) is 0 Å². The molecule has 220 valence electrons. The molecule has 0 atom stereocenters. The summed E-state index contributed by atoms with van der Waals surface area (Å²) in [5.74, 6) is 1.05. The van der Waals surface area contributed by atoms with Gasteiger partial charge in [0.1, 0.15) is 11.2 Å². The van der Waals surface area contributed by atoms with Crippen LogP contribution in [0.25, 0.3) is 39.0 Å². The average Bonchev–Trinajstić information content (AvgIpc) is 3.77. The molecule has 3 nitrogen and oxygen atoms in total. The lowest BCUT2D eigenvalue weighted by Crippen LogP contribution is -2.27. The van der Waals surface area contributed by atoms with Crippen molar-refractivity contribution in [1.82, 2.24) is 9.55 Å². The number of aromatic nitrogens is 2. The van der Waals surface area contributed by atoms with Gasteiger partial charge in [0, 0.05) is 16.9 Å². The van der Waals surface area contributed by atoms with Gasteiger partial charge in [-0.15, -0.1) is 0 Å². The van der Waals surface area contributed by atoms with Crippen LogP contribution in [0, 0.1) is 0 Å². The van der Waals surface area contributed by atoms with E-state index < -0.39 is 5.41 Å². The van der Waals surface area contributed by atoms with Gasteiger partial charge in [0.15, 0.2) is 0 Å². The van der Waals surface area contributed by atoms with Gasteiger partial charge in [-0.3, -0.25) is 4.57 Å². The van der Waals surface area contributed by atoms with E-state index in [2.05, 4.69) is 185 Å². The van der Waals surface area contributed by atoms with Crippen LogP contribution in [0.15, 0.2) is 176 Å². The molecule has 2 aliphatic rings. The molecule has 1 spiro atoms. The van der Waals surface area contributed by atoms with Crippen molar-refractivity contribution in [1.29, 1.82) is 0 Å². The predicted molar refractivity (Wildman–Crippen MR) is 192 cm³/mol.